The number of aliphatic hydroxyl groups excluding tert-OH is 1. The van der Waals surface area contributed by atoms with Gasteiger partial charge in [0.05, 0.1) is 12.7 Å². The van der Waals surface area contributed by atoms with Gasteiger partial charge < -0.3 is 20.1 Å². The lowest BCUT2D eigenvalue weighted by Gasteiger charge is -2.37. The van der Waals surface area contributed by atoms with Gasteiger partial charge in [0.15, 0.2) is 0 Å². The van der Waals surface area contributed by atoms with Crippen molar-refractivity contribution in [1.29, 1.82) is 0 Å². The molecule has 118 valence electrons. The lowest BCUT2D eigenvalue weighted by atomic mass is 9.85. The largest absolute Gasteiger partial charge is 0.394 e. The second-order valence-corrected chi connectivity index (χ2v) is 6.46. The topological polar surface area (TPSA) is 44.7 Å². The maximum absolute atomic E-state index is 9.74. The first-order valence-electron chi connectivity index (χ1n) is 8.38. The van der Waals surface area contributed by atoms with E-state index in [0.717, 1.165) is 26.1 Å². The minimum Gasteiger partial charge on any atom is -0.394 e. The Morgan fingerprint density at radius 2 is 2.20 bits per heavy atom. The number of nitrogens with one attached hydrogen (secondary N) is 1. The molecule has 1 aliphatic carbocycles. The molecule has 2 aliphatic rings. The second kappa shape index (κ2) is 7.74. The Bertz CT molecular complexity index is 280. The summed E-state index contributed by atoms with van der Waals surface area (Å²) in [4.78, 5) is 2.56. The van der Waals surface area contributed by atoms with Gasteiger partial charge in [0.1, 0.15) is 0 Å². The minimum absolute atomic E-state index is 0.0187. The third kappa shape index (κ3) is 3.73. The summed E-state index contributed by atoms with van der Waals surface area (Å²) in [6.45, 7) is 6.64. The first-order valence-corrected chi connectivity index (χ1v) is 8.38. The van der Waals surface area contributed by atoms with Crippen molar-refractivity contribution in [2.45, 2.75) is 57.1 Å². The summed E-state index contributed by atoms with van der Waals surface area (Å²) < 4.78 is 5.77. The zero-order valence-electron chi connectivity index (χ0n) is 13.2. The van der Waals surface area contributed by atoms with Crippen LogP contribution >= 0.6 is 0 Å². The third-order valence-electron chi connectivity index (χ3n) is 5.40. The van der Waals surface area contributed by atoms with Gasteiger partial charge in [-0.05, 0) is 65.1 Å². The fourth-order valence-corrected chi connectivity index (χ4v) is 4.11. The van der Waals surface area contributed by atoms with E-state index < -0.39 is 0 Å². The van der Waals surface area contributed by atoms with Crippen molar-refractivity contribution in [1.82, 2.24) is 10.2 Å². The highest BCUT2D eigenvalue weighted by molar-refractivity contribution is 4.98. The Morgan fingerprint density at radius 3 is 2.90 bits per heavy atom. The molecule has 0 amide bonds. The first-order chi connectivity index (χ1) is 9.74. The van der Waals surface area contributed by atoms with E-state index in [-0.39, 0.29) is 12.1 Å². The molecule has 0 aromatic heterocycles. The number of nitrogens with zero attached hydrogens (tertiary/aromatic N) is 1. The Labute approximate surface area is 123 Å². The van der Waals surface area contributed by atoms with Gasteiger partial charge in [0, 0.05) is 18.7 Å². The molecule has 4 heteroatoms. The van der Waals surface area contributed by atoms with E-state index in [9.17, 15) is 5.11 Å². The van der Waals surface area contributed by atoms with E-state index in [4.69, 9.17) is 4.74 Å². The van der Waals surface area contributed by atoms with Crippen LogP contribution in [-0.4, -0.2) is 61.5 Å². The van der Waals surface area contributed by atoms with E-state index in [1.165, 1.54) is 38.6 Å². The molecule has 1 aliphatic heterocycles. The van der Waals surface area contributed by atoms with Crippen LogP contribution in [0, 0.1) is 5.92 Å². The lowest BCUT2D eigenvalue weighted by molar-refractivity contribution is 0.00300. The summed E-state index contributed by atoms with van der Waals surface area (Å²) in [5.74, 6) is 0.616. The average molecular weight is 284 g/mol. The molecule has 1 saturated carbocycles. The molecule has 0 radical (unpaired) electrons. The molecule has 0 aromatic carbocycles. The van der Waals surface area contributed by atoms with E-state index in [1.807, 2.05) is 7.05 Å². The molecule has 3 atom stereocenters. The molecule has 2 rings (SSSR count). The standard InChI is InChI=1S/C16H32N2O2/c1-3-20-15-7-5-10-18(12-15)11-8-14-6-4-9-16(14,13-19)17-2/h14-15,17,19H,3-13H2,1-2H3. The van der Waals surface area contributed by atoms with Crippen molar-refractivity contribution >= 4 is 0 Å². The fourth-order valence-electron chi connectivity index (χ4n) is 4.11. The molecule has 2 fully saturated rings. The molecule has 0 aromatic rings. The Balaban J connectivity index is 1.79. The number of aliphatic hydroxyl groups is 1. The van der Waals surface area contributed by atoms with Crippen LogP contribution in [0.3, 0.4) is 0 Å². The van der Waals surface area contributed by atoms with Crippen molar-refractivity contribution in [3.05, 3.63) is 0 Å². The number of piperidine rings is 1. The van der Waals surface area contributed by atoms with Gasteiger partial charge in [-0.3, -0.25) is 0 Å². The maximum Gasteiger partial charge on any atom is 0.0702 e. The smallest absolute Gasteiger partial charge is 0.0702 e. The van der Waals surface area contributed by atoms with Crippen molar-refractivity contribution in [3.8, 4) is 0 Å². The number of likely N-dealkylation sites (N-methyl/N-ethyl adjacent to an activating group) is 1. The summed E-state index contributed by atoms with van der Waals surface area (Å²) >= 11 is 0. The minimum atomic E-state index is -0.0187. The third-order valence-corrected chi connectivity index (χ3v) is 5.40. The van der Waals surface area contributed by atoms with Gasteiger partial charge in [-0.1, -0.05) is 6.42 Å². The van der Waals surface area contributed by atoms with Crippen molar-refractivity contribution in [2.24, 2.45) is 5.92 Å². The molecule has 0 spiro atoms. The van der Waals surface area contributed by atoms with E-state index in [0.29, 0.717) is 12.0 Å². The van der Waals surface area contributed by atoms with Crippen LogP contribution in [-0.2, 0) is 4.74 Å². The van der Waals surface area contributed by atoms with E-state index in [1.54, 1.807) is 0 Å². The van der Waals surface area contributed by atoms with Gasteiger partial charge in [0.2, 0.25) is 0 Å². The molecule has 20 heavy (non-hydrogen) atoms. The normalized spacial score (nSPS) is 35.5. The summed E-state index contributed by atoms with van der Waals surface area (Å²) in [5.41, 5.74) is -0.0187. The van der Waals surface area contributed by atoms with E-state index in [2.05, 4.69) is 17.1 Å². The summed E-state index contributed by atoms with van der Waals surface area (Å²) in [5, 5.41) is 13.1. The van der Waals surface area contributed by atoms with Crippen LogP contribution in [0.1, 0.15) is 45.4 Å². The zero-order chi connectivity index (χ0) is 14.4. The summed E-state index contributed by atoms with van der Waals surface area (Å²) in [6.07, 6.45) is 7.71. The average Bonchev–Trinajstić information content (AvgIpc) is 2.89. The fraction of sp³-hybridized carbons (Fsp3) is 1.00. The quantitative estimate of drug-likeness (QED) is 0.746. The van der Waals surface area contributed by atoms with Crippen LogP contribution in [0.5, 0.6) is 0 Å². The molecule has 0 bridgehead atoms. The van der Waals surface area contributed by atoms with Crippen LogP contribution in [0.4, 0.5) is 0 Å². The molecule has 1 heterocycles. The molecular formula is C16H32N2O2. The van der Waals surface area contributed by atoms with Crippen LogP contribution in [0.15, 0.2) is 0 Å². The van der Waals surface area contributed by atoms with Gasteiger partial charge >= 0.3 is 0 Å². The Kier molecular flexibility index (Phi) is 6.27. The SMILES string of the molecule is CCOC1CCCN(CCC2CCCC2(CO)NC)C1. The van der Waals surface area contributed by atoms with Crippen LogP contribution in [0.25, 0.3) is 0 Å². The summed E-state index contributed by atoms with van der Waals surface area (Å²) in [7, 11) is 2.00. The number of rotatable bonds is 7. The highest BCUT2D eigenvalue weighted by Gasteiger charge is 2.40. The van der Waals surface area contributed by atoms with Gasteiger partial charge in [-0.15, -0.1) is 0 Å². The maximum atomic E-state index is 9.74. The Morgan fingerprint density at radius 1 is 1.35 bits per heavy atom. The number of ether oxygens (including phenoxy) is 1. The van der Waals surface area contributed by atoms with E-state index >= 15 is 0 Å². The van der Waals surface area contributed by atoms with Gasteiger partial charge in [-0.2, -0.15) is 0 Å². The second-order valence-electron chi connectivity index (χ2n) is 6.46. The van der Waals surface area contributed by atoms with Crippen LogP contribution < -0.4 is 5.32 Å². The van der Waals surface area contributed by atoms with Gasteiger partial charge in [0.25, 0.3) is 0 Å². The predicted molar refractivity (Wildman–Crippen MR) is 81.9 cm³/mol. The monoisotopic (exact) mass is 284 g/mol. The lowest BCUT2D eigenvalue weighted by Crippen LogP contribution is -2.50. The Hall–Kier alpha value is -0.160. The molecule has 3 unspecified atom stereocenters. The number of hydrogen-bond donors (Lipinski definition) is 2. The zero-order valence-corrected chi connectivity index (χ0v) is 13.2. The first kappa shape index (κ1) is 16.2. The number of hydrogen-bond acceptors (Lipinski definition) is 4. The van der Waals surface area contributed by atoms with Crippen molar-refractivity contribution in [3.63, 3.8) is 0 Å². The van der Waals surface area contributed by atoms with Gasteiger partial charge in [-0.25, -0.2) is 0 Å². The highest BCUT2D eigenvalue weighted by atomic mass is 16.5. The molecular weight excluding hydrogens is 252 g/mol. The van der Waals surface area contributed by atoms with Crippen molar-refractivity contribution < 1.29 is 9.84 Å². The predicted octanol–water partition coefficient (Wildman–Crippen LogP) is 1.63. The highest BCUT2D eigenvalue weighted by Crippen LogP contribution is 2.37. The number of likely N-dealkylation sites (tertiary alicyclic amines) is 1. The van der Waals surface area contributed by atoms with Crippen LogP contribution in [0.2, 0.25) is 0 Å². The molecule has 2 N–H and O–H groups in total. The summed E-state index contributed by atoms with van der Waals surface area (Å²) in [6, 6.07) is 0. The molecule has 4 nitrogen and oxygen atoms in total. The van der Waals surface area contributed by atoms with Crippen molar-refractivity contribution in [2.75, 3.05) is 39.9 Å². The molecule has 1 saturated heterocycles.